The molecule has 1 unspecified atom stereocenters. The molecule has 0 aromatic carbocycles. The highest BCUT2D eigenvalue weighted by molar-refractivity contribution is 5.90. The first-order valence-corrected chi connectivity index (χ1v) is 6.16. The predicted octanol–water partition coefficient (Wildman–Crippen LogP) is 2.29. The number of urea groups is 1. The number of nitrogens with one attached hydrogen (secondary N) is 1. The Morgan fingerprint density at radius 3 is 2.00 bits per heavy atom. The summed E-state index contributed by atoms with van der Waals surface area (Å²) in [7, 11) is 1.72. The van der Waals surface area contributed by atoms with Crippen molar-refractivity contribution in [2.24, 2.45) is 11.3 Å². The molecule has 0 spiro atoms. The minimum atomic E-state index is -0.441. The van der Waals surface area contributed by atoms with E-state index in [1.54, 1.807) is 11.9 Å². The van der Waals surface area contributed by atoms with Crippen LogP contribution in [0.25, 0.3) is 0 Å². The predicted molar refractivity (Wildman–Crippen MR) is 69.9 cm³/mol. The first-order chi connectivity index (χ1) is 7.61. The Morgan fingerprint density at radius 1 is 1.24 bits per heavy atom. The zero-order valence-corrected chi connectivity index (χ0v) is 12.1. The molecule has 0 bridgehead atoms. The first-order valence-electron chi connectivity index (χ1n) is 6.16. The summed E-state index contributed by atoms with van der Waals surface area (Å²) in [5.41, 5.74) is -0.272. The van der Waals surface area contributed by atoms with Crippen molar-refractivity contribution in [3.8, 4) is 0 Å². The molecule has 0 aromatic rings. The molecule has 0 aliphatic rings. The summed E-state index contributed by atoms with van der Waals surface area (Å²) in [5.74, 6) is 0.00168. The summed E-state index contributed by atoms with van der Waals surface area (Å²) >= 11 is 0. The van der Waals surface area contributed by atoms with Crippen molar-refractivity contribution in [3.63, 3.8) is 0 Å². The van der Waals surface area contributed by atoms with Crippen LogP contribution in [0.1, 0.15) is 41.5 Å². The van der Waals surface area contributed by atoms with Gasteiger partial charge in [-0.25, -0.2) is 4.79 Å². The molecule has 0 aliphatic heterocycles. The second-order valence-corrected chi connectivity index (χ2v) is 5.82. The first kappa shape index (κ1) is 15.9. The minimum absolute atomic E-state index is 0.0774. The van der Waals surface area contributed by atoms with Crippen LogP contribution in [0, 0.1) is 11.3 Å². The smallest absolute Gasteiger partial charge is 0.317 e. The van der Waals surface area contributed by atoms with Gasteiger partial charge in [0, 0.05) is 19.5 Å². The number of ketones is 1. The minimum Gasteiger partial charge on any atom is -0.328 e. The molecule has 4 nitrogen and oxygen atoms in total. The van der Waals surface area contributed by atoms with Gasteiger partial charge in [0.15, 0.2) is 5.78 Å². The van der Waals surface area contributed by atoms with E-state index in [0.29, 0.717) is 6.54 Å². The molecular formula is C13H26N2O2. The zero-order valence-electron chi connectivity index (χ0n) is 12.1. The van der Waals surface area contributed by atoms with Gasteiger partial charge in [-0.05, 0) is 12.3 Å². The third-order valence-corrected chi connectivity index (χ3v) is 2.81. The largest absolute Gasteiger partial charge is 0.328 e. The zero-order chi connectivity index (χ0) is 13.8. The van der Waals surface area contributed by atoms with Gasteiger partial charge in [0.25, 0.3) is 0 Å². The monoisotopic (exact) mass is 242 g/mol. The Kier molecular flexibility index (Phi) is 5.66. The van der Waals surface area contributed by atoms with Gasteiger partial charge < -0.3 is 10.2 Å². The molecule has 1 N–H and O–H groups in total. The molecule has 0 fully saturated rings. The van der Waals surface area contributed by atoms with Crippen molar-refractivity contribution >= 4 is 11.8 Å². The van der Waals surface area contributed by atoms with Gasteiger partial charge in [0.05, 0.1) is 6.04 Å². The lowest BCUT2D eigenvalue weighted by atomic mass is 9.81. The Hall–Kier alpha value is -1.06. The maximum Gasteiger partial charge on any atom is 0.317 e. The van der Waals surface area contributed by atoms with Gasteiger partial charge in [-0.1, -0.05) is 34.6 Å². The van der Waals surface area contributed by atoms with Crippen molar-refractivity contribution in [1.29, 1.82) is 0 Å². The molecule has 2 amide bonds. The number of amides is 2. The maximum absolute atomic E-state index is 12.1. The molecular weight excluding hydrogens is 216 g/mol. The molecule has 0 saturated heterocycles. The van der Waals surface area contributed by atoms with Gasteiger partial charge in [-0.2, -0.15) is 0 Å². The van der Waals surface area contributed by atoms with Gasteiger partial charge in [0.2, 0.25) is 0 Å². The van der Waals surface area contributed by atoms with Gasteiger partial charge in [-0.3, -0.25) is 4.79 Å². The van der Waals surface area contributed by atoms with Crippen LogP contribution in [-0.2, 0) is 4.79 Å². The summed E-state index contributed by atoms with van der Waals surface area (Å²) in [6.07, 6.45) is 0. The fraction of sp³-hybridized carbons (Fsp3) is 0.846. The summed E-state index contributed by atoms with van der Waals surface area (Å²) in [4.78, 5) is 25.5. The summed E-state index contributed by atoms with van der Waals surface area (Å²) in [5, 5.41) is 2.83. The van der Waals surface area contributed by atoms with Crippen molar-refractivity contribution in [2.45, 2.75) is 47.6 Å². The number of Topliss-reactive ketones (excluding diaryl/α,β-unsaturated/α-hetero) is 1. The topological polar surface area (TPSA) is 49.4 Å². The van der Waals surface area contributed by atoms with E-state index in [0.717, 1.165) is 0 Å². The Bertz CT molecular complexity index is 280. The van der Waals surface area contributed by atoms with E-state index in [9.17, 15) is 9.59 Å². The van der Waals surface area contributed by atoms with E-state index in [-0.39, 0.29) is 23.1 Å². The lowest BCUT2D eigenvalue weighted by Gasteiger charge is -2.32. The summed E-state index contributed by atoms with van der Waals surface area (Å²) < 4.78 is 0. The van der Waals surface area contributed by atoms with E-state index >= 15 is 0 Å². The lowest BCUT2D eigenvalue weighted by molar-refractivity contribution is -0.126. The van der Waals surface area contributed by atoms with Gasteiger partial charge in [-0.15, -0.1) is 0 Å². The van der Waals surface area contributed by atoms with Crippen LogP contribution in [0.15, 0.2) is 0 Å². The number of hydrogen-bond donors (Lipinski definition) is 1. The average Bonchev–Trinajstić information content (AvgIpc) is 2.21. The normalized spacial score (nSPS) is 13.4. The second kappa shape index (κ2) is 6.03. The van der Waals surface area contributed by atoms with Crippen LogP contribution >= 0.6 is 0 Å². The Labute approximate surface area is 105 Å². The molecule has 0 aromatic heterocycles. The Balaban J connectivity index is 4.86. The molecule has 0 aliphatic carbocycles. The van der Waals surface area contributed by atoms with Crippen molar-refractivity contribution < 1.29 is 9.59 Å². The quantitative estimate of drug-likeness (QED) is 0.822. The van der Waals surface area contributed by atoms with Crippen LogP contribution in [0.5, 0.6) is 0 Å². The van der Waals surface area contributed by atoms with E-state index in [4.69, 9.17) is 0 Å². The number of carbonyl (C=O) groups excluding carboxylic acids is 2. The summed E-state index contributed by atoms with van der Waals surface area (Å²) in [6, 6.07) is -0.634. The average molecular weight is 242 g/mol. The molecule has 0 rings (SSSR count). The molecule has 1 atom stereocenters. The number of rotatable bonds is 4. The van der Waals surface area contributed by atoms with E-state index in [1.165, 1.54) is 0 Å². The maximum atomic E-state index is 12.1. The summed E-state index contributed by atoms with van der Waals surface area (Å²) in [6.45, 7) is 12.1. The molecule has 0 radical (unpaired) electrons. The Morgan fingerprint density at radius 2 is 1.71 bits per heavy atom. The fourth-order valence-electron chi connectivity index (χ4n) is 1.43. The molecule has 17 heavy (non-hydrogen) atoms. The lowest BCUT2D eigenvalue weighted by Crippen LogP contribution is -2.53. The second-order valence-electron chi connectivity index (χ2n) is 5.82. The molecule has 0 saturated carbocycles. The highest BCUT2D eigenvalue weighted by Crippen LogP contribution is 2.22. The van der Waals surface area contributed by atoms with Crippen molar-refractivity contribution in [1.82, 2.24) is 10.2 Å². The van der Waals surface area contributed by atoms with Gasteiger partial charge >= 0.3 is 6.03 Å². The van der Waals surface area contributed by atoms with Crippen molar-refractivity contribution in [2.75, 3.05) is 13.6 Å². The highest BCUT2D eigenvalue weighted by Gasteiger charge is 2.34. The van der Waals surface area contributed by atoms with Crippen LogP contribution in [0.3, 0.4) is 0 Å². The van der Waals surface area contributed by atoms with Crippen LogP contribution in [0.4, 0.5) is 4.79 Å². The van der Waals surface area contributed by atoms with E-state index < -0.39 is 6.04 Å². The highest BCUT2D eigenvalue weighted by atomic mass is 16.2. The van der Waals surface area contributed by atoms with E-state index in [1.807, 2.05) is 41.5 Å². The van der Waals surface area contributed by atoms with Crippen LogP contribution < -0.4 is 5.32 Å². The number of carbonyl (C=O) groups is 2. The van der Waals surface area contributed by atoms with Crippen LogP contribution in [-0.4, -0.2) is 36.3 Å². The third-order valence-electron chi connectivity index (χ3n) is 2.81. The van der Waals surface area contributed by atoms with Crippen molar-refractivity contribution in [3.05, 3.63) is 0 Å². The number of nitrogens with zero attached hydrogens (tertiary/aromatic N) is 1. The molecule has 4 heteroatoms. The van der Waals surface area contributed by atoms with Gasteiger partial charge in [0.1, 0.15) is 0 Å². The van der Waals surface area contributed by atoms with Crippen LogP contribution in [0.2, 0.25) is 0 Å². The third kappa shape index (κ3) is 4.75. The van der Waals surface area contributed by atoms with E-state index in [2.05, 4.69) is 5.32 Å². The fourth-order valence-corrected chi connectivity index (χ4v) is 1.43. The SMILES string of the molecule is CCN(C)C(=O)NC(C(=O)C(C)C)C(C)(C)C. The molecule has 100 valence electrons. The molecule has 0 heterocycles. The standard InChI is InChI=1S/C13H26N2O2/c1-8-15(7)12(17)14-11(13(4,5)6)10(16)9(2)3/h9,11H,8H2,1-7H3,(H,14,17). The number of hydrogen-bond acceptors (Lipinski definition) is 2.